The SMILES string of the molecule is CCOc1cc(-c2c(C#N)c(N)[nH]c(=O)c2C#N)cc(Cl)c1OC(C)C(=O)O. The molecular formula is C18H15ClN4O5. The summed E-state index contributed by atoms with van der Waals surface area (Å²) in [5.74, 6) is -1.33. The Bertz CT molecular complexity index is 1080. The van der Waals surface area contributed by atoms with Crippen molar-refractivity contribution in [2.45, 2.75) is 20.0 Å². The first-order valence-electron chi connectivity index (χ1n) is 7.97. The molecule has 1 atom stereocenters. The van der Waals surface area contributed by atoms with Crippen LogP contribution in [0.4, 0.5) is 5.82 Å². The van der Waals surface area contributed by atoms with Gasteiger partial charge in [-0.05, 0) is 31.5 Å². The van der Waals surface area contributed by atoms with E-state index in [1.807, 2.05) is 6.07 Å². The molecule has 1 heterocycles. The molecule has 144 valence electrons. The molecule has 0 saturated heterocycles. The van der Waals surface area contributed by atoms with Crippen molar-refractivity contribution >= 4 is 23.4 Å². The minimum Gasteiger partial charge on any atom is -0.490 e. The quantitative estimate of drug-likeness (QED) is 0.662. The summed E-state index contributed by atoms with van der Waals surface area (Å²) in [4.78, 5) is 25.4. The van der Waals surface area contributed by atoms with Crippen LogP contribution in [0.15, 0.2) is 16.9 Å². The van der Waals surface area contributed by atoms with Gasteiger partial charge in [0.05, 0.1) is 11.6 Å². The Labute approximate surface area is 164 Å². The fourth-order valence-corrected chi connectivity index (χ4v) is 2.70. The highest BCUT2D eigenvalue weighted by molar-refractivity contribution is 6.32. The van der Waals surface area contributed by atoms with Gasteiger partial charge in [-0.2, -0.15) is 10.5 Å². The molecule has 4 N–H and O–H groups in total. The van der Waals surface area contributed by atoms with Gasteiger partial charge in [-0.3, -0.25) is 4.79 Å². The maximum atomic E-state index is 12.1. The number of aromatic nitrogens is 1. The number of rotatable bonds is 6. The number of hydrogen-bond acceptors (Lipinski definition) is 7. The molecule has 0 aliphatic carbocycles. The third-order valence-corrected chi connectivity index (χ3v) is 3.99. The Balaban J connectivity index is 2.80. The molecule has 0 aliphatic rings. The number of hydrogen-bond donors (Lipinski definition) is 3. The first-order chi connectivity index (χ1) is 13.2. The summed E-state index contributed by atoms with van der Waals surface area (Å²) >= 11 is 6.26. The molecular weight excluding hydrogens is 388 g/mol. The zero-order valence-electron chi connectivity index (χ0n) is 14.9. The number of nitrogens with one attached hydrogen (secondary N) is 1. The van der Waals surface area contributed by atoms with Crippen molar-refractivity contribution in [2.75, 3.05) is 12.3 Å². The Morgan fingerprint density at radius 1 is 1.36 bits per heavy atom. The summed E-state index contributed by atoms with van der Waals surface area (Å²) in [7, 11) is 0. The number of pyridine rings is 1. The average molecular weight is 403 g/mol. The lowest BCUT2D eigenvalue weighted by molar-refractivity contribution is -0.144. The summed E-state index contributed by atoms with van der Waals surface area (Å²) in [6, 6.07) is 6.35. The van der Waals surface area contributed by atoms with Crippen molar-refractivity contribution in [2.24, 2.45) is 0 Å². The number of halogens is 1. The molecule has 9 nitrogen and oxygen atoms in total. The van der Waals surface area contributed by atoms with E-state index in [2.05, 4.69) is 4.98 Å². The van der Waals surface area contributed by atoms with E-state index in [0.29, 0.717) is 0 Å². The predicted octanol–water partition coefficient (Wildman–Crippen LogP) is 2.27. The smallest absolute Gasteiger partial charge is 0.344 e. The number of anilines is 1. The lowest BCUT2D eigenvalue weighted by Gasteiger charge is -2.18. The molecule has 0 amide bonds. The van der Waals surface area contributed by atoms with Crippen LogP contribution >= 0.6 is 11.6 Å². The van der Waals surface area contributed by atoms with Crippen LogP contribution in [-0.4, -0.2) is 28.8 Å². The highest BCUT2D eigenvalue weighted by Crippen LogP contribution is 2.41. The first-order valence-corrected chi connectivity index (χ1v) is 8.35. The van der Waals surface area contributed by atoms with Gasteiger partial charge in [0.25, 0.3) is 5.56 Å². The number of ether oxygens (including phenoxy) is 2. The normalized spacial score (nSPS) is 11.2. The van der Waals surface area contributed by atoms with Crippen molar-refractivity contribution in [3.05, 3.63) is 38.6 Å². The number of H-pyrrole nitrogens is 1. The monoisotopic (exact) mass is 402 g/mol. The van der Waals surface area contributed by atoms with Gasteiger partial charge in [-0.15, -0.1) is 0 Å². The number of nitrogen functional groups attached to an aromatic ring is 1. The van der Waals surface area contributed by atoms with Crippen molar-refractivity contribution < 1.29 is 19.4 Å². The van der Waals surface area contributed by atoms with Gasteiger partial charge >= 0.3 is 5.97 Å². The summed E-state index contributed by atoms with van der Waals surface area (Å²) < 4.78 is 10.8. The van der Waals surface area contributed by atoms with E-state index in [1.165, 1.54) is 19.1 Å². The van der Waals surface area contributed by atoms with E-state index in [9.17, 15) is 20.1 Å². The van der Waals surface area contributed by atoms with E-state index in [0.717, 1.165) is 0 Å². The van der Waals surface area contributed by atoms with Crippen LogP contribution in [0.1, 0.15) is 25.0 Å². The molecule has 2 rings (SSSR count). The van der Waals surface area contributed by atoms with E-state index in [4.69, 9.17) is 31.9 Å². The van der Waals surface area contributed by atoms with Gasteiger partial charge in [-0.25, -0.2) is 4.79 Å². The van der Waals surface area contributed by atoms with Gasteiger partial charge in [0.1, 0.15) is 29.1 Å². The van der Waals surface area contributed by atoms with Crippen LogP contribution < -0.4 is 20.8 Å². The van der Waals surface area contributed by atoms with Crippen molar-refractivity contribution in [1.82, 2.24) is 4.98 Å². The molecule has 1 aromatic carbocycles. The number of nitrogens with zero attached hydrogens (tertiary/aromatic N) is 2. The number of carbonyl (C=O) groups is 1. The molecule has 2 aromatic rings. The van der Waals surface area contributed by atoms with E-state index in [1.54, 1.807) is 13.0 Å². The van der Waals surface area contributed by atoms with Gasteiger partial charge < -0.3 is 25.3 Å². The number of benzene rings is 1. The molecule has 0 saturated carbocycles. The van der Waals surface area contributed by atoms with E-state index >= 15 is 0 Å². The number of nitrogens with two attached hydrogens (primary N) is 1. The highest BCUT2D eigenvalue weighted by atomic mass is 35.5. The minimum atomic E-state index is -1.21. The summed E-state index contributed by atoms with van der Waals surface area (Å²) in [5.41, 5.74) is 4.73. The van der Waals surface area contributed by atoms with Crippen LogP contribution in [0.2, 0.25) is 5.02 Å². The van der Waals surface area contributed by atoms with Gasteiger partial charge in [0.2, 0.25) is 0 Å². The van der Waals surface area contributed by atoms with Crippen LogP contribution in [0.5, 0.6) is 11.5 Å². The standard InChI is InChI=1S/C18H15ClN4O5/c1-3-27-13-5-9(4-12(19)15(13)28-8(2)18(25)26)14-10(6-20)16(22)23-17(24)11(14)7-21/h4-5,8H,3H2,1-2H3,(H,25,26)(H3,22,23,24). The van der Waals surface area contributed by atoms with Crippen LogP contribution in [-0.2, 0) is 4.79 Å². The molecule has 0 bridgehead atoms. The zero-order chi connectivity index (χ0) is 21.0. The molecule has 1 aromatic heterocycles. The summed E-state index contributed by atoms with van der Waals surface area (Å²) in [6.45, 7) is 3.21. The van der Waals surface area contributed by atoms with Crippen molar-refractivity contribution in [1.29, 1.82) is 10.5 Å². The molecule has 10 heteroatoms. The first kappa shape index (κ1) is 20.6. The minimum absolute atomic E-state index is 0.00747. The Morgan fingerprint density at radius 3 is 2.54 bits per heavy atom. The fraction of sp³-hybridized carbons (Fsp3) is 0.222. The number of nitriles is 2. The summed E-state index contributed by atoms with van der Waals surface area (Å²) in [6.07, 6.45) is -1.21. The third-order valence-electron chi connectivity index (χ3n) is 3.71. The third kappa shape index (κ3) is 3.85. The molecule has 0 spiro atoms. The van der Waals surface area contributed by atoms with Crippen LogP contribution in [0.3, 0.4) is 0 Å². The summed E-state index contributed by atoms with van der Waals surface area (Å²) in [5, 5.41) is 27.8. The van der Waals surface area contributed by atoms with Gasteiger partial charge in [-0.1, -0.05) is 11.6 Å². The predicted molar refractivity (Wildman–Crippen MR) is 100 cm³/mol. The van der Waals surface area contributed by atoms with Gasteiger partial charge in [0, 0.05) is 5.56 Å². The fourth-order valence-electron chi connectivity index (χ4n) is 2.45. The maximum Gasteiger partial charge on any atom is 0.344 e. The van der Waals surface area contributed by atoms with Crippen LogP contribution in [0, 0.1) is 22.7 Å². The van der Waals surface area contributed by atoms with Crippen molar-refractivity contribution in [3.8, 4) is 34.8 Å². The van der Waals surface area contributed by atoms with E-state index < -0.39 is 17.6 Å². The molecule has 0 aliphatic heterocycles. The Hall–Kier alpha value is -3.69. The second-order valence-corrected chi connectivity index (χ2v) is 5.94. The average Bonchev–Trinajstić information content (AvgIpc) is 2.63. The number of carboxylic acids is 1. The number of aromatic amines is 1. The van der Waals surface area contributed by atoms with E-state index in [-0.39, 0.29) is 51.2 Å². The second kappa shape index (κ2) is 8.33. The van der Waals surface area contributed by atoms with Crippen molar-refractivity contribution in [3.63, 3.8) is 0 Å². The topological polar surface area (TPSA) is 162 Å². The lowest BCUT2D eigenvalue weighted by Crippen LogP contribution is -2.23. The molecule has 0 fully saturated rings. The number of carboxylic acid groups (broad SMARTS) is 1. The van der Waals surface area contributed by atoms with Crippen LogP contribution in [0.25, 0.3) is 11.1 Å². The lowest BCUT2D eigenvalue weighted by atomic mass is 9.96. The molecule has 0 radical (unpaired) electrons. The zero-order valence-corrected chi connectivity index (χ0v) is 15.6. The number of aliphatic carboxylic acids is 1. The molecule has 28 heavy (non-hydrogen) atoms. The second-order valence-electron chi connectivity index (χ2n) is 5.53. The van der Waals surface area contributed by atoms with Gasteiger partial charge in [0.15, 0.2) is 17.6 Å². The Kier molecular flexibility index (Phi) is 6.14. The Morgan fingerprint density at radius 2 is 2.00 bits per heavy atom. The largest absolute Gasteiger partial charge is 0.490 e. The molecule has 1 unspecified atom stereocenters. The maximum absolute atomic E-state index is 12.1. The highest BCUT2D eigenvalue weighted by Gasteiger charge is 2.23.